The minimum absolute atomic E-state index is 0.209. The highest BCUT2D eigenvalue weighted by Gasteiger charge is 2.25. The molecule has 3 aromatic rings. The van der Waals surface area contributed by atoms with E-state index in [1.165, 1.54) is 12.8 Å². The molecule has 0 saturated carbocycles. The van der Waals surface area contributed by atoms with E-state index in [-0.39, 0.29) is 11.7 Å². The molecule has 2 N–H and O–H groups in total. The molecule has 1 saturated heterocycles. The van der Waals surface area contributed by atoms with Gasteiger partial charge in [0.1, 0.15) is 17.1 Å². The van der Waals surface area contributed by atoms with E-state index in [0.717, 1.165) is 35.5 Å². The van der Waals surface area contributed by atoms with Crippen LogP contribution in [0.15, 0.2) is 34.7 Å². The second-order valence-electron chi connectivity index (χ2n) is 7.73. The number of nitrogens with one attached hydrogen (secondary N) is 1. The highest BCUT2D eigenvalue weighted by molar-refractivity contribution is 6.14. The van der Waals surface area contributed by atoms with Crippen LogP contribution in [0.5, 0.6) is 5.75 Å². The van der Waals surface area contributed by atoms with Crippen molar-refractivity contribution in [1.82, 2.24) is 4.90 Å². The number of carbonyl (C=O) groups excluding carboxylic acids is 1. The van der Waals surface area contributed by atoms with Gasteiger partial charge in [0, 0.05) is 23.2 Å². The molecule has 0 aliphatic carbocycles. The average Bonchev–Trinajstić information content (AvgIpc) is 3.27. The number of amides is 1. The fraction of sp³-hybridized carbons (Fsp3) is 0.348. The standard InChI is InChI=1S/C23H26N2O3/c1-14-6-7-18(15(2)12-14)24-23(27)21-16(3)28-20-9-8-19(26)17(22(20)21)13-25-10-4-5-11-25/h6-9,12,26H,4-5,10-11,13H2,1-3H3,(H,24,27). The van der Waals surface area contributed by atoms with Crippen LogP contribution in [0.3, 0.4) is 0 Å². The second-order valence-corrected chi connectivity index (χ2v) is 7.73. The molecule has 5 nitrogen and oxygen atoms in total. The number of hydrogen-bond donors (Lipinski definition) is 2. The summed E-state index contributed by atoms with van der Waals surface area (Å²) in [5.41, 5.74) is 4.85. The Kier molecular flexibility index (Phi) is 4.85. The van der Waals surface area contributed by atoms with E-state index >= 15 is 0 Å². The third-order valence-electron chi connectivity index (χ3n) is 5.55. The second kappa shape index (κ2) is 7.32. The van der Waals surface area contributed by atoms with Gasteiger partial charge in [0.05, 0.1) is 5.56 Å². The predicted octanol–water partition coefficient (Wildman–Crippen LogP) is 4.91. The predicted molar refractivity (Wildman–Crippen MR) is 111 cm³/mol. The smallest absolute Gasteiger partial charge is 0.259 e. The maximum Gasteiger partial charge on any atom is 0.259 e. The first kappa shape index (κ1) is 18.6. The average molecular weight is 378 g/mol. The zero-order valence-corrected chi connectivity index (χ0v) is 16.6. The number of benzene rings is 2. The Morgan fingerprint density at radius 1 is 1.14 bits per heavy atom. The van der Waals surface area contributed by atoms with Crippen LogP contribution in [-0.4, -0.2) is 29.0 Å². The molecule has 0 unspecified atom stereocenters. The van der Waals surface area contributed by atoms with E-state index in [9.17, 15) is 9.90 Å². The van der Waals surface area contributed by atoms with E-state index in [2.05, 4.69) is 10.2 Å². The molecule has 4 rings (SSSR count). The molecule has 1 aliphatic rings. The van der Waals surface area contributed by atoms with Gasteiger partial charge in [-0.25, -0.2) is 0 Å². The summed E-state index contributed by atoms with van der Waals surface area (Å²) in [6, 6.07) is 9.33. The number of rotatable bonds is 4. The molecule has 146 valence electrons. The third kappa shape index (κ3) is 3.38. The van der Waals surface area contributed by atoms with E-state index in [1.54, 1.807) is 19.1 Å². The van der Waals surface area contributed by atoms with E-state index < -0.39 is 0 Å². The number of nitrogens with zero attached hydrogens (tertiary/aromatic N) is 1. The van der Waals surface area contributed by atoms with Crippen molar-refractivity contribution in [1.29, 1.82) is 0 Å². The topological polar surface area (TPSA) is 65.7 Å². The number of carbonyl (C=O) groups is 1. The minimum atomic E-state index is -0.212. The van der Waals surface area contributed by atoms with Crippen LogP contribution in [-0.2, 0) is 6.54 Å². The fourth-order valence-corrected chi connectivity index (χ4v) is 4.10. The summed E-state index contributed by atoms with van der Waals surface area (Å²) in [6.07, 6.45) is 2.34. The summed E-state index contributed by atoms with van der Waals surface area (Å²) < 4.78 is 5.88. The summed E-state index contributed by atoms with van der Waals surface area (Å²) in [7, 11) is 0. The van der Waals surface area contributed by atoms with E-state index in [0.29, 0.717) is 28.8 Å². The number of likely N-dealkylation sites (tertiary alicyclic amines) is 1. The van der Waals surface area contributed by atoms with Gasteiger partial charge in [0.2, 0.25) is 0 Å². The Bertz CT molecular complexity index is 1050. The lowest BCUT2D eigenvalue weighted by Gasteiger charge is -2.17. The van der Waals surface area contributed by atoms with Crippen LogP contribution < -0.4 is 5.32 Å². The minimum Gasteiger partial charge on any atom is -0.508 e. The molecule has 2 aromatic carbocycles. The molecule has 0 spiro atoms. The first-order chi connectivity index (χ1) is 13.4. The molecule has 2 heterocycles. The van der Waals surface area contributed by atoms with Gasteiger partial charge in [0.15, 0.2) is 0 Å². The van der Waals surface area contributed by atoms with Crippen molar-refractivity contribution in [2.75, 3.05) is 18.4 Å². The Balaban J connectivity index is 1.76. The Morgan fingerprint density at radius 2 is 1.89 bits per heavy atom. The summed E-state index contributed by atoms with van der Waals surface area (Å²) in [5, 5.41) is 14.3. The van der Waals surface area contributed by atoms with Crippen LogP contribution in [0.1, 0.15) is 45.7 Å². The lowest BCUT2D eigenvalue weighted by molar-refractivity contribution is 0.102. The molecule has 0 radical (unpaired) electrons. The van der Waals surface area contributed by atoms with Gasteiger partial charge in [-0.2, -0.15) is 0 Å². The summed E-state index contributed by atoms with van der Waals surface area (Å²) in [5.74, 6) is 0.558. The number of phenolic OH excluding ortho intramolecular Hbond substituents is 1. The summed E-state index contributed by atoms with van der Waals surface area (Å²) >= 11 is 0. The van der Waals surface area contributed by atoms with Crippen molar-refractivity contribution in [3.05, 3.63) is 58.3 Å². The first-order valence-electron chi connectivity index (χ1n) is 9.79. The first-order valence-corrected chi connectivity index (χ1v) is 9.79. The Labute approximate surface area is 165 Å². The largest absolute Gasteiger partial charge is 0.508 e. The van der Waals surface area contributed by atoms with Crippen molar-refractivity contribution >= 4 is 22.6 Å². The molecule has 1 amide bonds. The van der Waals surface area contributed by atoms with Gasteiger partial charge in [0.25, 0.3) is 5.91 Å². The van der Waals surface area contributed by atoms with Crippen LogP contribution in [0.4, 0.5) is 5.69 Å². The summed E-state index contributed by atoms with van der Waals surface area (Å²) in [4.78, 5) is 15.5. The maximum absolute atomic E-state index is 13.2. The fourth-order valence-electron chi connectivity index (χ4n) is 4.10. The van der Waals surface area contributed by atoms with Crippen LogP contribution in [0.2, 0.25) is 0 Å². The number of phenols is 1. The number of fused-ring (bicyclic) bond motifs is 1. The van der Waals surface area contributed by atoms with E-state index in [4.69, 9.17) is 4.42 Å². The van der Waals surface area contributed by atoms with Crippen LogP contribution >= 0.6 is 0 Å². The molecule has 0 bridgehead atoms. The van der Waals surface area contributed by atoms with Gasteiger partial charge in [-0.1, -0.05) is 17.7 Å². The Morgan fingerprint density at radius 3 is 2.61 bits per heavy atom. The van der Waals surface area contributed by atoms with Gasteiger partial charge in [-0.15, -0.1) is 0 Å². The van der Waals surface area contributed by atoms with Crippen molar-refractivity contribution < 1.29 is 14.3 Å². The normalized spacial score (nSPS) is 14.7. The van der Waals surface area contributed by atoms with Crippen molar-refractivity contribution in [3.8, 4) is 5.75 Å². The molecular weight excluding hydrogens is 352 g/mol. The van der Waals surface area contributed by atoms with E-state index in [1.807, 2.05) is 32.0 Å². The highest BCUT2D eigenvalue weighted by Crippen LogP contribution is 2.35. The molecule has 28 heavy (non-hydrogen) atoms. The van der Waals surface area contributed by atoms with Crippen LogP contribution in [0.25, 0.3) is 11.0 Å². The van der Waals surface area contributed by atoms with Gasteiger partial charge < -0.3 is 14.8 Å². The molecule has 1 fully saturated rings. The van der Waals surface area contributed by atoms with Gasteiger partial charge in [-0.05, 0) is 70.5 Å². The van der Waals surface area contributed by atoms with Crippen molar-refractivity contribution in [3.63, 3.8) is 0 Å². The summed E-state index contributed by atoms with van der Waals surface area (Å²) in [6.45, 7) is 8.44. The lowest BCUT2D eigenvalue weighted by atomic mass is 10.0. The number of anilines is 1. The number of aryl methyl sites for hydroxylation is 3. The van der Waals surface area contributed by atoms with Gasteiger partial charge >= 0.3 is 0 Å². The third-order valence-corrected chi connectivity index (χ3v) is 5.55. The van der Waals surface area contributed by atoms with Crippen LogP contribution in [0, 0.1) is 20.8 Å². The maximum atomic E-state index is 13.2. The zero-order chi connectivity index (χ0) is 19.8. The van der Waals surface area contributed by atoms with Gasteiger partial charge in [-0.3, -0.25) is 9.69 Å². The highest BCUT2D eigenvalue weighted by atomic mass is 16.3. The molecule has 1 aliphatic heterocycles. The zero-order valence-electron chi connectivity index (χ0n) is 16.6. The molecule has 0 atom stereocenters. The quantitative estimate of drug-likeness (QED) is 0.677. The Hall–Kier alpha value is -2.79. The number of aromatic hydroxyl groups is 1. The number of hydrogen-bond acceptors (Lipinski definition) is 4. The lowest BCUT2D eigenvalue weighted by Crippen LogP contribution is -2.19. The monoisotopic (exact) mass is 378 g/mol. The van der Waals surface area contributed by atoms with Crippen molar-refractivity contribution in [2.45, 2.75) is 40.2 Å². The SMILES string of the molecule is Cc1ccc(NC(=O)c2c(C)oc3ccc(O)c(CN4CCCC4)c23)c(C)c1. The molecular formula is C23H26N2O3. The number of furan rings is 1. The van der Waals surface area contributed by atoms with Crippen molar-refractivity contribution in [2.24, 2.45) is 0 Å². The molecule has 5 heteroatoms. The molecule has 1 aromatic heterocycles.